The summed E-state index contributed by atoms with van der Waals surface area (Å²) in [6.07, 6.45) is -4.59. The number of alkyl halides is 4. The van der Waals surface area contributed by atoms with Crippen molar-refractivity contribution in [3.8, 4) is 0 Å². The fourth-order valence-electron chi connectivity index (χ4n) is 2.49. The van der Waals surface area contributed by atoms with E-state index in [1.165, 1.54) is 6.07 Å². The highest BCUT2D eigenvalue weighted by Crippen LogP contribution is 2.29. The zero-order valence-electron chi connectivity index (χ0n) is 15.1. The number of amides is 2. The van der Waals surface area contributed by atoms with E-state index in [2.05, 4.69) is 10.6 Å². The molecule has 0 bridgehead atoms. The van der Waals surface area contributed by atoms with Gasteiger partial charge >= 0.3 is 6.18 Å². The molecule has 0 unspecified atom stereocenters. The number of carbonyl (C=O) groups is 3. The third-order valence-electron chi connectivity index (χ3n) is 3.97. The van der Waals surface area contributed by atoms with Crippen LogP contribution in [0.2, 0.25) is 0 Å². The lowest BCUT2D eigenvalue weighted by Gasteiger charge is -2.19. The third kappa shape index (κ3) is 6.70. The van der Waals surface area contributed by atoms with Gasteiger partial charge in [0.05, 0.1) is 12.1 Å². The normalized spacial score (nSPS) is 12.1. The summed E-state index contributed by atoms with van der Waals surface area (Å²) >= 11 is 0. The minimum Gasteiger partial charge on any atom is -0.347 e. The summed E-state index contributed by atoms with van der Waals surface area (Å²) in [6, 6.07) is 11.2. The molecule has 0 saturated heterocycles. The van der Waals surface area contributed by atoms with E-state index in [9.17, 15) is 31.9 Å². The average Bonchev–Trinajstić information content (AvgIpc) is 2.71. The van der Waals surface area contributed by atoms with Gasteiger partial charge in [-0.15, -0.1) is 0 Å². The number of hydrogen-bond donors (Lipinski definition) is 2. The van der Waals surface area contributed by atoms with Gasteiger partial charge < -0.3 is 10.6 Å². The fraction of sp³-hybridized carbons (Fsp3) is 0.250. The summed E-state index contributed by atoms with van der Waals surface area (Å²) in [5, 5.41) is 4.60. The molecule has 0 fully saturated rings. The van der Waals surface area contributed by atoms with Gasteiger partial charge in [0, 0.05) is 12.0 Å². The van der Waals surface area contributed by atoms with Crippen LogP contribution in [0.15, 0.2) is 54.6 Å². The number of benzene rings is 2. The van der Waals surface area contributed by atoms with E-state index in [0.29, 0.717) is 11.6 Å². The monoisotopic (exact) mass is 410 g/mol. The van der Waals surface area contributed by atoms with Gasteiger partial charge in [-0.3, -0.25) is 14.4 Å². The molecule has 2 rings (SSSR count). The van der Waals surface area contributed by atoms with Crippen molar-refractivity contribution in [1.29, 1.82) is 0 Å². The number of rotatable bonds is 8. The van der Waals surface area contributed by atoms with Crippen molar-refractivity contribution in [2.75, 3.05) is 13.2 Å². The molecule has 1 atom stereocenters. The van der Waals surface area contributed by atoms with E-state index >= 15 is 0 Å². The first-order chi connectivity index (χ1) is 13.7. The second-order valence-corrected chi connectivity index (χ2v) is 6.18. The molecular formula is C20H18F4N2O3. The fourth-order valence-corrected chi connectivity index (χ4v) is 2.49. The topological polar surface area (TPSA) is 75.3 Å². The third-order valence-corrected chi connectivity index (χ3v) is 3.97. The van der Waals surface area contributed by atoms with Gasteiger partial charge in [-0.25, -0.2) is 4.39 Å². The molecule has 2 aromatic rings. The number of nitrogens with one attached hydrogen (secondary N) is 2. The highest BCUT2D eigenvalue weighted by molar-refractivity contribution is 5.98. The molecule has 0 radical (unpaired) electrons. The Morgan fingerprint density at radius 2 is 1.66 bits per heavy atom. The number of carbonyl (C=O) groups excluding carboxylic acids is 3. The molecular weight excluding hydrogens is 392 g/mol. The first-order valence-electron chi connectivity index (χ1n) is 8.58. The van der Waals surface area contributed by atoms with Crippen molar-refractivity contribution in [2.24, 2.45) is 0 Å². The molecule has 0 heterocycles. The number of halogens is 4. The number of hydrogen-bond acceptors (Lipinski definition) is 3. The van der Waals surface area contributed by atoms with E-state index < -0.39 is 48.6 Å². The van der Waals surface area contributed by atoms with Gasteiger partial charge in [-0.05, 0) is 23.8 Å². The van der Waals surface area contributed by atoms with Gasteiger partial charge in [0.1, 0.15) is 12.7 Å². The quantitative estimate of drug-likeness (QED) is 0.658. The molecule has 0 spiro atoms. The molecule has 0 aromatic heterocycles. The molecule has 29 heavy (non-hydrogen) atoms. The minimum absolute atomic E-state index is 0.0290. The molecule has 2 amide bonds. The van der Waals surface area contributed by atoms with E-state index in [1.807, 2.05) is 0 Å². The van der Waals surface area contributed by atoms with Gasteiger partial charge in [-0.1, -0.05) is 36.4 Å². The van der Waals surface area contributed by atoms with Gasteiger partial charge in [0.2, 0.25) is 5.91 Å². The second kappa shape index (κ2) is 9.81. The van der Waals surface area contributed by atoms with Crippen LogP contribution in [0.3, 0.4) is 0 Å². The summed E-state index contributed by atoms with van der Waals surface area (Å²) < 4.78 is 50.9. The smallest absolute Gasteiger partial charge is 0.347 e. The Morgan fingerprint density at radius 1 is 0.966 bits per heavy atom. The Balaban J connectivity index is 2.18. The minimum atomic E-state index is -4.62. The van der Waals surface area contributed by atoms with Crippen LogP contribution in [0.25, 0.3) is 0 Å². The average molecular weight is 410 g/mol. The van der Waals surface area contributed by atoms with Crippen LogP contribution in [0.5, 0.6) is 0 Å². The van der Waals surface area contributed by atoms with Crippen molar-refractivity contribution in [1.82, 2.24) is 10.6 Å². The summed E-state index contributed by atoms with van der Waals surface area (Å²) in [4.78, 5) is 35.9. The van der Waals surface area contributed by atoms with Crippen LogP contribution in [0.1, 0.15) is 21.5 Å². The predicted molar refractivity (Wildman–Crippen MR) is 96.8 cm³/mol. The van der Waals surface area contributed by atoms with Crippen LogP contribution in [-0.4, -0.2) is 36.9 Å². The SMILES string of the molecule is O=C(CF)CNC(=O)[C@H](Cc1ccccc1)NC(=O)c1cccc(C(F)(F)F)c1. The lowest BCUT2D eigenvalue weighted by Crippen LogP contribution is -2.49. The van der Waals surface area contributed by atoms with Crippen LogP contribution in [-0.2, 0) is 22.2 Å². The van der Waals surface area contributed by atoms with Crippen molar-refractivity contribution in [2.45, 2.75) is 18.6 Å². The van der Waals surface area contributed by atoms with Crippen molar-refractivity contribution < 1.29 is 31.9 Å². The van der Waals surface area contributed by atoms with Crippen LogP contribution >= 0.6 is 0 Å². The van der Waals surface area contributed by atoms with Crippen LogP contribution < -0.4 is 10.6 Å². The van der Waals surface area contributed by atoms with Crippen LogP contribution in [0, 0.1) is 0 Å². The Bertz CT molecular complexity index is 870. The molecule has 0 saturated carbocycles. The van der Waals surface area contributed by atoms with E-state index in [-0.39, 0.29) is 12.0 Å². The maximum Gasteiger partial charge on any atom is 0.416 e. The zero-order chi connectivity index (χ0) is 21.4. The largest absolute Gasteiger partial charge is 0.416 e. The number of Topliss-reactive ketones (excluding diaryl/α,β-unsaturated/α-hetero) is 1. The van der Waals surface area contributed by atoms with E-state index in [0.717, 1.165) is 12.1 Å². The molecule has 0 aliphatic heterocycles. The summed E-state index contributed by atoms with van der Waals surface area (Å²) in [5.41, 5.74) is -0.595. The lowest BCUT2D eigenvalue weighted by atomic mass is 10.0. The second-order valence-electron chi connectivity index (χ2n) is 6.18. The van der Waals surface area contributed by atoms with Gasteiger partial charge in [0.15, 0.2) is 5.78 Å². The first-order valence-corrected chi connectivity index (χ1v) is 8.58. The lowest BCUT2D eigenvalue weighted by molar-refractivity contribution is -0.137. The standard InChI is InChI=1S/C20H18F4N2O3/c21-11-16(27)12-25-19(29)17(9-13-5-2-1-3-6-13)26-18(28)14-7-4-8-15(10-14)20(22,23)24/h1-8,10,17H,9,11-12H2,(H,25,29)(H,26,28)/t17-/m0/s1. The van der Waals surface area contributed by atoms with Crippen molar-refractivity contribution in [3.63, 3.8) is 0 Å². The van der Waals surface area contributed by atoms with Crippen molar-refractivity contribution >= 4 is 17.6 Å². The van der Waals surface area contributed by atoms with Crippen LogP contribution in [0.4, 0.5) is 17.6 Å². The summed E-state index contributed by atoms with van der Waals surface area (Å²) in [6.45, 7) is -1.81. The maximum absolute atomic E-state index is 12.9. The number of ketones is 1. The maximum atomic E-state index is 12.9. The van der Waals surface area contributed by atoms with E-state index in [1.54, 1.807) is 30.3 Å². The predicted octanol–water partition coefficient (Wildman–Crippen LogP) is 2.70. The molecule has 0 aliphatic carbocycles. The molecule has 154 valence electrons. The molecule has 2 N–H and O–H groups in total. The van der Waals surface area contributed by atoms with Gasteiger partial charge in [0.25, 0.3) is 5.91 Å². The Labute approximate surface area is 164 Å². The molecule has 0 aliphatic rings. The van der Waals surface area contributed by atoms with Crippen molar-refractivity contribution in [3.05, 3.63) is 71.3 Å². The first kappa shape index (κ1) is 22.1. The molecule has 9 heteroatoms. The molecule has 2 aromatic carbocycles. The summed E-state index contributed by atoms with van der Waals surface area (Å²) in [5.74, 6) is -2.49. The van der Waals surface area contributed by atoms with E-state index in [4.69, 9.17) is 0 Å². The Hall–Kier alpha value is -3.23. The highest BCUT2D eigenvalue weighted by atomic mass is 19.4. The molecule has 5 nitrogen and oxygen atoms in total. The highest BCUT2D eigenvalue weighted by Gasteiger charge is 2.31. The zero-order valence-corrected chi connectivity index (χ0v) is 15.1. The Morgan fingerprint density at radius 3 is 2.28 bits per heavy atom. The van der Waals surface area contributed by atoms with Gasteiger partial charge in [-0.2, -0.15) is 13.2 Å². The Kier molecular flexibility index (Phi) is 7.46. The summed E-state index contributed by atoms with van der Waals surface area (Å²) in [7, 11) is 0.